The molecule has 16 heavy (non-hydrogen) atoms. The van der Waals surface area contributed by atoms with Crippen LogP contribution in [-0.4, -0.2) is 47.8 Å². The summed E-state index contributed by atoms with van der Waals surface area (Å²) in [5.74, 6) is 0.125. The van der Waals surface area contributed by atoms with Crippen molar-refractivity contribution in [1.82, 2.24) is 4.90 Å². The molecular weight excluding hydrogens is 206 g/mol. The molecule has 0 aromatic carbocycles. The van der Waals surface area contributed by atoms with E-state index in [1.165, 1.54) is 0 Å². The van der Waals surface area contributed by atoms with E-state index in [2.05, 4.69) is 6.92 Å². The number of hydrogen-bond acceptors (Lipinski definition) is 3. The van der Waals surface area contributed by atoms with E-state index >= 15 is 0 Å². The molecule has 0 radical (unpaired) electrons. The molecule has 1 fully saturated rings. The standard InChI is InChI=1S/C12H23NO3/c1-3-13(8-9-14)12(15)7-6-11-5-4-10(2)16-11/h10-11,14H,3-9H2,1-2H3. The molecular formula is C12H23NO3. The van der Waals surface area contributed by atoms with Crippen LogP contribution in [0.5, 0.6) is 0 Å². The summed E-state index contributed by atoms with van der Waals surface area (Å²) in [6.07, 6.45) is 4.12. The van der Waals surface area contributed by atoms with Crippen LogP contribution >= 0.6 is 0 Å². The minimum atomic E-state index is 0.0382. The Morgan fingerprint density at radius 1 is 1.50 bits per heavy atom. The van der Waals surface area contributed by atoms with Crippen LogP contribution < -0.4 is 0 Å². The number of aliphatic hydroxyl groups excluding tert-OH is 1. The number of hydrogen-bond donors (Lipinski definition) is 1. The summed E-state index contributed by atoms with van der Waals surface area (Å²) in [7, 11) is 0. The van der Waals surface area contributed by atoms with Crippen molar-refractivity contribution in [3.8, 4) is 0 Å². The lowest BCUT2D eigenvalue weighted by Gasteiger charge is -2.20. The number of likely N-dealkylation sites (N-methyl/N-ethyl adjacent to an activating group) is 1. The normalized spacial score (nSPS) is 24.7. The van der Waals surface area contributed by atoms with Crippen LogP contribution in [0.2, 0.25) is 0 Å². The number of nitrogens with zero attached hydrogens (tertiary/aromatic N) is 1. The summed E-state index contributed by atoms with van der Waals surface area (Å²) < 4.78 is 5.66. The quantitative estimate of drug-likeness (QED) is 0.744. The van der Waals surface area contributed by atoms with Gasteiger partial charge in [-0.1, -0.05) is 0 Å². The second-order valence-electron chi connectivity index (χ2n) is 4.38. The third-order valence-corrected chi connectivity index (χ3v) is 3.10. The lowest BCUT2D eigenvalue weighted by Crippen LogP contribution is -2.33. The zero-order valence-electron chi connectivity index (χ0n) is 10.3. The van der Waals surface area contributed by atoms with Gasteiger partial charge in [-0.25, -0.2) is 0 Å². The molecule has 1 rings (SSSR count). The van der Waals surface area contributed by atoms with Gasteiger partial charge in [0.1, 0.15) is 0 Å². The number of carbonyl (C=O) groups excluding carboxylic acids is 1. The van der Waals surface area contributed by atoms with Gasteiger partial charge in [0.25, 0.3) is 0 Å². The number of carbonyl (C=O) groups is 1. The molecule has 1 aliphatic heterocycles. The molecule has 1 amide bonds. The molecule has 0 aromatic rings. The summed E-state index contributed by atoms with van der Waals surface area (Å²) in [6.45, 7) is 5.16. The first-order valence-corrected chi connectivity index (χ1v) is 6.21. The lowest BCUT2D eigenvalue weighted by molar-refractivity contribution is -0.132. The second kappa shape index (κ2) is 6.86. The van der Waals surface area contributed by atoms with E-state index in [0.29, 0.717) is 25.6 Å². The predicted molar refractivity (Wildman–Crippen MR) is 62.1 cm³/mol. The lowest BCUT2D eigenvalue weighted by atomic mass is 10.1. The highest BCUT2D eigenvalue weighted by atomic mass is 16.5. The molecule has 0 bridgehead atoms. The highest BCUT2D eigenvalue weighted by Crippen LogP contribution is 2.22. The minimum Gasteiger partial charge on any atom is -0.395 e. The Morgan fingerprint density at radius 3 is 2.75 bits per heavy atom. The Bertz CT molecular complexity index is 220. The number of ether oxygens (including phenoxy) is 1. The van der Waals surface area contributed by atoms with Crippen LogP contribution in [0, 0.1) is 0 Å². The van der Waals surface area contributed by atoms with Crippen LogP contribution in [0.25, 0.3) is 0 Å². The first-order chi connectivity index (χ1) is 7.67. The molecule has 0 spiro atoms. The molecule has 2 unspecified atom stereocenters. The number of amides is 1. The van der Waals surface area contributed by atoms with Crippen molar-refractivity contribution in [1.29, 1.82) is 0 Å². The van der Waals surface area contributed by atoms with Crippen molar-refractivity contribution in [3.63, 3.8) is 0 Å². The smallest absolute Gasteiger partial charge is 0.222 e. The minimum absolute atomic E-state index is 0.0382. The van der Waals surface area contributed by atoms with Crippen LogP contribution in [0.3, 0.4) is 0 Å². The van der Waals surface area contributed by atoms with E-state index in [1.54, 1.807) is 4.90 Å². The van der Waals surface area contributed by atoms with Crippen molar-refractivity contribution < 1.29 is 14.6 Å². The molecule has 1 heterocycles. The van der Waals surface area contributed by atoms with E-state index in [1.807, 2.05) is 6.92 Å². The molecule has 4 heteroatoms. The fourth-order valence-corrected chi connectivity index (χ4v) is 2.12. The average Bonchev–Trinajstić information content (AvgIpc) is 2.68. The van der Waals surface area contributed by atoms with Gasteiger partial charge < -0.3 is 14.7 Å². The Balaban J connectivity index is 2.23. The molecule has 94 valence electrons. The van der Waals surface area contributed by atoms with E-state index in [4.69, 9.17) is 9.84 Å². The van der Waals surface area contributed by atoms with Gasteiger partial charge in [-0.15, -0.1) is 0 Å². The topological polar surface area (TPSA) is 49.8 Å². The van der Waals surface area contributed by atoms with Gasteiger partial charge in [-0.2, -0.15) is 0 Å². The largest absolute Gasteiger partial charge is 0.395 e. The second-order valence-corrected chi connectivity index (χ2v) is 4.38. The Labute approximate surface area is 97.6 Å². The summed E-state index contributed by atoms with van der Waals surface area (Å²) in [5.41, 5.74) is 0. The van der Waals surface area contributed by atoms with Gasteiger partial charge in [0.2, 0.25) is 5.91 Å². The third kappa shape index (κ3) is 4.10. The molecule has 0 aromatic heterocycles. The Morgan fingerprint density at radius 2 is 2.25 bits per heavy atom. The summed E-state index contributed by atoms with van der Waals surface area (Å²) in [6, 6.07) is 0. The molecule has 0 saturated carbocycles. The molecule has 2 atom stereocenters. The van der Waals surface area contributed by atoms with Gasteiger partial charge in [-0.3, -0.25) is 4.79 Å². The first kappa shape index (κ1) is 13.5. The molecule has 1 N–H and O–H groups in total. The highest BCUT2D eigenvalue weighted by molar-refractivity contribution is 5.76. The Kier molecular flexibility index (Phi) is 5.77. The summed E-state index contributed by atoms with van der Waals surface area (Å²) in [5, 5.41) is 8.81. The molecule has 4 nitrogen and oxygen atoms in total. The van der Waals surface area contributed by atoms with E-state index in [0.717, 1.165) is 19.3 Å². The predicted octanol–water partition coefficient (Wildman–Crippen LogP) is 1.17. The maximum atomic E-state index is 11.8. The van der Waals surface area contributed by atoms with Gasteiger partial charge in [0, 0.05) is 19.5 Å². The van der Waals surface area contributed by atoms with Crippen LogP contribution in [-0.2, 0) is 9.53 Å². The number of rotatable bonds is 6. The maximum Gasteiger partial charge on any atom is 0.222 e. The summed E-state index contributed by atoms with van der Waals surface area (Å²) >= 11 is 0. The van der Waals surface area contributed by atoms with Crippen LogP contribution in [0.15, 0.2) is 0 Å². The highest BCUT2D eigenvalue weighted by Gasteiger charge is 2.23. The molecule has 1 saturated heterocycles. The van der Waals surface area contributed by atoms with Gasteiger partial charge in [0.05, 0.1) is 18.8 Å². The SMILES string of the molecule is CCN(CCO)C(=O)CCC1CCC(C)O1. The van der Waals surface area contributed by atoms with E-state index in [9.17, 15) is 4.79 Å². The fourth-order valence-electron chi connectivity index (χ4n) is 2.12. The maximum absolute atomic E-state index is 11.8. The molecule has 1 aliphatic rings. The third-order valence-electron chi connectivity index (χ3n) is 3.10. The van der Waals surface area contributed by atoms with Crippen molar-refractivity contribution in [2.45, 2.75) is 51.7 Å². The van der Waals surface area contributed by atoms with E-state index < -0.39 is 0 Å². The van der Waals surface area contributed by atoms with Gasteiger partial charge in [0.15, 0.2) is 0 Å². The first-order valence-electron chi connectivity index (χ1n) is 6.21. The zero-order valence-corrected chi connectivity index (χ0v) is 10.3. The monoisotopic (exact) mass is 229 g/mol. The zero-order chi connectivity index (χ0) is 12.0. The van der Waals surface area contributed by atoms with Crippen molar-refractivity contribution in [2.75, 3.05) is 19.7 Å². The number of aliphatic hydroxyl groups is 1. The molecule has 0 aliphatic carbocycles. The summed E-state index contributed by atoms with van der Waals surface area (Å²) in [4.78, 5) is 13.5. The van der Waals surface area contributed by atoms with Crippen molar-refractivity contribution in [2.24, 2.45) is 0 Å². The van der Waals surface area contributed by atoms with Gasteiger partial charge in [-0.05, 0) is 33.1 Å². The fraction of sp³-hybridized carbons (Fsp3) is 0.917. The van der Waals surface area contributed by atoms with E-state index in [-0.39, 0.29) is 18.6 Å². The van der Waals surface area contributed by atoms with Crippen molar-refractivity contribution in [3.05, 3.63) is 0 Å². The Hall–Kier alpha value is -0.610. The van der Waals surface area contributed by atoms with Crippen LogP contribution in [0.4, 0.5) is 0 Å². The van der Waals surface area contributed by atoms with Gasteiger partial charge >= 0.3 is 0 Å². The average molecular weight is 229 g/mol. The van der Waals surface area contributed by atoms with Crippen LogP contribution in [0.1, 0.15) is 39.5 Å². The van der Waals surface area contributed by atoms with Crippen molar-refractivity contribution >= 4 is 5.91 Å².